The van der Waals surface area contributed by atoms with Gasteiger partial charge in [-0.15, -0.1) is 0 Å². The Bertz CT molecular complexity index is 412. The number of nitrogen functional groups attached to an aromatic ring is 1. The largest absolute Gasteiger partial charge is 0.394 e. The van der Waals surface area contributed by atoms with Crippen molar-refractivity contribution in [1.82, 2.24) is 9.97 Å². The van der Waals surface area contributed by atoms with E-state index < -0.39 is 0 Å². The second-order valence-corrected chi connectivity index (χ2v) is 4.70. The first-order valence-corrected chi connectivity index (χ1v) is 6.59. The molecule has 4 N–H and O–H groups in total. The van der Waals surface area contributed by atoms with Crippen molar-refractivity contribution in [2.45, 2.75) is 18.9 Å². The zero-order chi connectivity index (χ0) is 13.7. The number of rotatable bonds is 5. The van der Waals surface area contributed by atoms with Gasteiger partial charge in [0, 0.05) is 13.1 Å². The van der Waals surface area contributed by atoms with E-state index in [-0.39, 0.29) is 12.7 Å². The number of nitrogens with zero attached hydrogens (tertiary/aromatic N) is 3. The molecule has 0 bridgehead atoms. The van der Waals surface area contributed by atoms with Crippen LogP contribution in [0.3, 0.4) is 0 Å². The van der Waals surface area contributed by atoms with Crippen molar-refractivity contribution in [2.75, 3.05) is 36.6 Å². The first-order valence-electron chi connectivity index (χ1n) is 6.21. The number of aliphatic hydroxyl groups excluding tert-OH is 1. The maximum atomic E-state index is 8.73. The fraction of sp³-hybridized carbons (Fsp3) is 0.636. The third kappa shape index (κ3) is 3.66. The lowest BCUT2D eigenvalue weighted by Crippen LogP contribution is -2.38. The molecule has 0 aliphatic carbocycles. The van der Waals surface area contributed by atoms with Crippen LogP contribution in [0, 0.1) is 0 Å². The summed E-state index contributed by atoms with van der Waals surface area (Å²) in [5.74, 6) is 6.33. The van der Waals surface area contributed by atoms with Gasteiger partial charge in [0.15, 0.2) is 5.82 Å². The van der Waals surface area contributed by atoms with Crippen LogP contribution in [0.25, 0.3) is 0 Å². The lowest BCUT2D eigenvalue weighted by molar-refractivity contribution is 0.0158. The third-order valence-electron chi connectivity index (χ3n) is 3.04. The van der Waals surface area contributed by atoms with Crippen LogP contribution in [0.15, 0.2) is 6.20 Å². The third-order valence-corrected chi connectivity index (χ3v) is 3.31. The van der Waals surface area contributed by atoms with E-state index in [4.69, 9.17) is 27.3 Å². The molecule has 1 aromatic heterocycles. The summed E-state index contributed by atoms with van der Waals surface area (Å²) < 4.78 is 5.52. The predicted octanol–water partition coefficient (Wildman–Crippen LogP) is 0.393. The van der Waals surface area contributed by atoms with Crippen molar-refractivity contribution >= 4 is 23.4 Å². The molecule has 7 nitrogen and oxygen atoms in total. The van der Waals surface area contributed by atoms with E-state index in [1.54, 1.807) is 0 Å². The van der Waals surface area contributed by atoms with E-state index in [1.165, 1.54) is 6.20 Å². The predicted molar refractivity (Wildman–Crippen MR) is 73.1 cm³/mol. The Balaban J connectivity index is 1.97. The van der Waals surface area contributed by atoms with E-state index in [0.29, 0.717) is 23.4 Å². The molecule has 0 radical (unpaired) electrons. The molecule has 0 unspecified atom stereocenters. The van der Waals surface area contributed by atoms with E-state index in [2.05, 4.69) is 20.3 Å². The molecule has 1 fully saturated rings. The number of nitrogens with one attached hydrogen (secondary N) is 1. The summed E-state index contributed by atoms with van der Waals surface area (Å²) >= 11 is 6.11. The summed E-state index contributed by atoms with van der Waals surface area (Å²) in [6.45, 7) is 2.05. The number of halogens is 1. The summed E-state index contributed by atoms with van der Waals surface area (Å²) in [5, 5.41) is 9.24. The summed E-state index contributed by atoms with van der Waals surface area (Å²) in [6.07, 6.45) is 3.49. The van der Waals surface area contributed by atoms with Gasteiger partial charge >= 0.3 is 0 Å². The summed E-state index contributed by atoms with van der Waals surface area (Å²) in [5.41, 5.74) is 2.41. The van der Waals surface area contributed by atoms with Gasteiger partial charge in [-0.05, 0) is 12.8 Å². The van der Waals surface area contributed by atoms with Crippen LogP contribution < -0.4 is 16.2 Å². The molecule has 0 atom stereocenters. The molecule has 19 heavy (non-hydrogen) atoms. The van der Waals surface area contributed by atoms with Gasteiger partial charge in [-0.3, -0.25) is 5.43 Å². The highest BCUT2D eigenvalue weighted by atomic mass is 35.5. The average molecular weight is 288 g/mol. The van der Waals surface area contributed by atoms with Gasteiger partial charge in [-0.2, -0.15) is 4.98 Å². The monoisotopic (exact) mass is 287 g/mol. The van der Waals surface area contributed by atoms with Crippen LogP contribution in [-0.4, -0.2) is 47.5 Å². The van der Waals surface area contributed by atoms with Crippen LogP contribution >= 0.6 is 11.6 Å². The number of hydrazine groups is 1. The molecule has 106 valence electrons. The van der Waals surface area contributed by atoms with Crippen LogP contribution in [0.1, 0.15) is 12.8 Å². The Hall–Kier alpha value is -1.15. The number of anilines is 2. The SMILES string of the molecule is NNc1ncc(Cl)c(N2CCC(OCCO)CC2)n1. The topological polar surface area (TPSA) is 96.5 Å². The molecule has 0 saturated carbocycles. The Labute approximate surface area is 116 Å². The van der Waals surface area contributed by atoms with Gasteiger partial charge in [0.2, 0.25) is 5.95 Å². The van der Waals surface area contributed by atoms with E-state index >= 15 is 0 Å². The Morgan fingerprint density at radius 1 is 1.53 bits per heavy atom. The number of aliphatic hydroxyl groups is 1. The Morgan fingerprint density at radius 3 is 2.89 bits per heavy atom. The molecule has 1 saturated heterocycles. The molecular weight excluding hydrogens is 270 g/mol. The van der Waals surface area contributed by atoms with Gasteiger partial charge in [-0.25, -0.2) is 10.8 Å². The van der Waals surface area contributed by atoms with Gasteiger partial charge < -0.3 is 14.7 Å². The molecular formula is C11H18ClN5O2. The lowest BCUT2D eigenvalue weighted by atomic mass is 10.1. The van der Waals surface area contributed by atoms with Crippen molar-refractivity contribution in [3.63, 3.8) is 0 Å². The van der Waals surface area contributed by atoms with Crippen molar-refractivity contribution < 1.29 is 9.84 Å². The molecule has 2 rings (SSSR count). The minimum absolute atomic E-state index is 0.0590. The average Bonchev–Trinajstić information content (AvgIpc) is 2.46. The van der Waals surface area contributed by atoms with Crippen LogP contribution in [0.5, 0.6) is 0 Å². The van der Waals surface area contributed by atoms with Crippen molar-refractivity contribution in [2.24, 2.45) is 5.84 Å². The fourth-order valence-corrected chi connectivity index (χ4v) is 2.31. The minimum Gasteiger partial charge on any atom is -0.394 e. The van der Waals surface area contributed by atoms with Gasteiger partial charge in [0.1, 0.15) is 5.02 Å². The molecule has 1 aliphatic heterocycles. The van der Waals surface area contributed by atoms with Crippen molar-refractivity contribution in [1.29, 1.82) is 0 Å². The van der Waals surface area contributed by atoms with Crippen LogP contribution in [0.4, 0.5) is 11.8 Å². The summed E-state index contributed by atoms with van der Waals surface area (Å²) in [7, 11) is 0. The zero-order valence-electron chi connectivity index (χ0n) is 10.5. The molecule has 0 aromatic carbocycles. The highest BCUT2D eigenvalue weighted by Crippen LogP contribution is 2.27. The van der Waals surface area contributed by atoms with Crippen LogP contribution in [-0.2, 0) is 4.74 Å². The molecule has 0 spiro atoms. The summed E-state index contributed by atoms with van der Waals surface area (Å²) in [6, 6.07) is 0. The first kappa shape index (κ1) is 14.3. The quantitative estimate of drug-likeness (QED) is 0.532. The molecule has 8 heteroatoms. The van der Waals surface area contributed by atoms with Gasteiger partial charge in [0.05, 0.1) is 25.5 Å². The fourth-order valence-electron chi connectivity index (χ4n) is 2.10. The van der Waals surface area contributed by atoms with Gasteiger partial charge in [-0.1, -0.05) is 11.6 Å². The number of hydrogen-bond acceptors (Lipinski definition) is 7. The van der Waals surface area contributed by atoms with Gasteiger partial charge in [0.25, 0.3) is 0 Å². The smallest absolute Gasteiger partial charge is 0.239 e. The first-order chi connectivity index (χ1) is 9.24. The highest BCUT2D eigenvalue weighted by molar-refractivity contribution is 6.32. The second-order valence-electron chi connectivity index (χ2n) is 4.29. The number of aromatic nitrogens is 2. The molecule has 1 aliphatic rings. The normalized spacial score (nSPS) is 16.7. The highest BCUT2D eigenvalue weighted by Gasteiger charge is 2.22. The molecule has 0 amide bonds. The summed E-state index contributed by atoms with van der Waals surface area (Å²) in [4.78, 5) is 10.3. The van der Waals surface area contributed by atoms with E-state index in [9.17, 15) is 0 Å². The van der Waals surface area contributed by atoms with E-state index in [0.717, 1.165) is 25.9 Å². The number of hydrogen-bond donors (Lipinski definition) is 3. The molecule has 2 heterocycles. The maximum Gasteiger partial charge on any atom is 0.239 e. The standard InChI is InChI=1S/C11H18ClN5O2/c12-9-7-14-11(16-13)15-10(9)17-3-1-8(2-4-17)19-6-5-18/h7-8,18H,1-6,13H2,(H,14,15,16). The number of piperidine rings is 1. The van der Waals surface area contributed by atoms with E-state index in [1.807, 2.05) is 0 Å². The molecule has 1 aromatic rings. The second kappa shape index (κ2) is 6.85. The zero-order valence-corrected chi connectivity index (χ0v) is 11.3. The van der Waals surface area contributed by atoms with Crippen molar-refractivity contribution in [3.05, 3.63) is 11.2 Å². The van der Waals surface area contributed by atoms with Crippen LogP contribution in [0.2, 0.25) is 5.02 Å². The van der Waals surface area contributed by atoms with Crippen molar-refractivity contribution in [3.8, 4) is 0 Å². The Kier molecular flexibility index (Phi) is 5.15. The minimum atomic E-state index is 0.0590. The maximum absolute atomic E-state index is 8.73. The lowest BCUT2D eigenvalue weighted by Gasteiger charge is -2.33. The number of ether oxygens (including phenoxy) is 1. The number of nitrogens with two attached hydrogens (primary N) is 1. The Morgan fingerprint density at radius 2 is 2.26 bits per heavy atom.